The summed E-state index contributed by atoms with van der Waals surface area (Å²) in [7, 11) is 0. The van der Waals surface area contributed by atoms with Gasteiger partial charge >= 0.3 is 0 Å². The van der Waals surface area contributed by atoms with E-state index in [0.29, 0.717) is 5.95 Å². The van der Waals surface area contributed by atoms with E-state index in [2.05, 4.69) is 56.7 Å². The number of hydrogen-bond donors (Lipinski definition) is 2. The standard InChI is InChI=1S/C17H23N5/c1-2-10-18-17-19-11-9-16(21-17)20-14-5-7-15(8-6-14)22-12-3-4-13-22/h5-9,11H,2-4,10,12-13H2,1H3,(H2,18,19,20,21). The molecule has 1 aromatic heterocycles. The van der Waals surface area contributed by atoms with E-state index in [4.69, 9.17) is 0 Å². The van der Waals surface area contributed by atoms with Gasteiger partial charge < -0.3 is 15.5 Å². The molecule has 0 aliphatic carbocycles. The van der Waals surface area contributed by atoms with Gasteiger partial charge in [-0.25, -0.2) is 4.98 Å². The fourth-order valence-electron chi connectivity index (χ4n) is 2.63. The van der Waals surface area contributed by atoms with Gasteiger partial charge in [0.25, 0.3) is 0 Å². The van der Waals surface area contributed by atoms with Gasteiger partial charge in [-0.1, -0.05) is 6.92 Å². The molecule has 1 aromatic carbocycles. The lowest BCUT2D eigenvalue weighted by Gasteiger charge is -2.18. The minimum Gasteiger partial charge on any atom is -0.372 e. The quantitative estimate of drug-likeness (QED) is 0.852. The van der Waals surface area contributed by atoms with E-state index < -0.39 is 0 Å². The van der Waals surface area contributed by atoms with Crippen molar-refractivity contribution in [3.8, 4) is 0 Å². The molecule has 2 heterocycles. The summed E-state index contributed by atoms with van der Waals surface area (Å²) in [5.74, 6) is 1.48. The van der Waals surface area contributed by atoms with Gasteiger partial charge in [0.05, 0.1) is 0 Å². The molecule has 0 unspecified atom stereocenters. The lowest BCUT2D eigenvalue weighted by Crippen LogP contribution is -2.17. The largest absolute Gasteiger partial charge is 0.372 e. The predicted molar refractivity (Wildman–Crippen MR) is 92.0 cm³/mol. The third-order valence-corrected chi connectivity index (χ3v) is 3.80. The molecular weight excluding hydrogens is 274 g/mol. The molecule has 1 aliphatic rings. The predicted octanol–water partition coefficient (Wildman–Crippen LogP) is 3.64. The lowest BCUT2D eigenvalue weighted by molar-refractivity contribution is 0.949. The van der Waals surface area contributed by atoms with Crippen molar-refractivity contribution in [2.45, 2.75) is 26.2 Å². The normalized spacial score (nSPS) is 14.1. The Labute approximate surface area is 131 Å². The van der Waals surface area contributed by atoms with Crippen LogP contribution in [0.2, 0.25) is 0 Å². The number of nitrogens with one attached hydrogen (secondary N) is 2. The van der Waals surface area contributed by atoms with Crippen LogP contribution in [0.25, 0.3) is 0 Å². The van der Waals surface area contributed by atoms with Crippen molar-refractivity contribution >= 4 is 23.1 Å². The van der Waals surface area contributed by atoms with Gasteiger partial charge in [0.2, 0.25) is 5.95 Å². The first-order valence-corrected chi connectivity index (χ1v) is 8.04. The first-order valence-electron chi connectivity index (χ1n) is 8.04. The van der Waals surface area contributed by atoms with Crippen molar-refractivity contribution in [1.29, 1.82) is 0 Å². The number of hydrogen-bond acceptors (Lipinski definition) is 5. The van der Waals surface area contributed by atoms with Gasteiger partial charge in [-0.05, 0) is 49.6 Å². The zero-order valence-electron chi connectivity index (χ0n) is 13.0. The highest BCUT2D eigenvalue weighted by molar-refractivity contribution is 5.61. The Balaban J connectivity index is 1.65. The average Bonchev–Trinajstić information content (AvgIpc) is 3.08. The zero-order valence-corrected chi connectivity index (χ0v) is 13.0. The van der Waals surface area contributed by atoms with Gasteiger partial charge in [0.15, 0.2) is 0 Å². The molecule has 0 atom stereocenters. The van der Waals surface area contributed by atoms with Crippen LogP contribution in [0.5, 0.6) is 0 Å². The summed E-state index contributed by atoms with van der Waals surface area (Å²) >= 11 is 0. The van der Waals surface area contributed by atoms with Crippen LogP contribution < -0.4 is 15.5 Å². The summed E-state index contributed by atoms with van der Waals surface area (Å²) in [4.78, 5) is 11.1. The number of rotatable bonds is 6. The molecular formula is C17H23N5. The Morgan fingerprint density at radius 2 is 1.86 bits per heavy atom. The van der Waals surface area contributed by atoms with Crippen LogP contribution in [-0.2, 0) is 0 Å². The van der Waals surface area contributed by atoms with Crippen molar-refractivity contribution < 1.29 is 0 Å². The number of anilines is 4. The molecule has 3 rings (SSSR count). The van der Waals surface area contributed by atoms with E-state index in [9.17, 15) is 0 Å². The van der Waals surface area contributed by atoms with Crippen molar-refractivity contribution in [2.75, 3.05) is 35.2 Å². The summed E-state index contributed by atoms with van der Waals surface area (Å²) in [6.45, 7) is 5.35. The van der Waals surface area contributed by atoms with Crippen molar-refractivity contribution in [2.24, 2.45) is 0 Å². The highest BCUT2D eigenvalue weighted by Gasteiger charge is 2.11. The topological polar surface area (TPSA) is 53.1 Å². The van der Waals surface area contributed by atoms with Crippen LogP contribution in [0.15, 0.2) is 36.5 Å². The van der Waals surface area contributed by atoms with E-state index in [1.807, 2.05) is 6.07 Å². The highest BCUT2D eigenvalue weighted by atomic mass is 15.1. The van der Waals surface area contributed by atoms with E-state index in [1.165, 1.54) is 31.6 Å². The molecule has 0 saturated carbocycles. The van der Waals surface area contributed by atoms with Crippen LogP contribution in [0.1, 0.15) is 26.2 Å². The molecule has 1 aliphatic heterocycles. The monoisotopic (exact) mass is 297 g/mol. The van der Waals surface area contributed by atoms with E-state index in [-0.39, 0.29) is 0 Å². The van der Waals surface area contributed by atoms with Gasteiger partial charge in [0.1, 0.15) is 5.82 Å². The van der Waals surface area contributed by atoms with Crippen LogP contribution in [-0.4, -0.2) is 29.6 Å². The number of nitrogens with zero attached hydrogens (tertiary/aromatic N) is 3. The lowest BCUT2D eigenvalue weighted by atomic mass is 10.2. The third-order valence-electron chi connectivity index (χ3n) is 3.80. The molecule has 5 nitrogen and oxygen atoms in total. The van der Waals surface area contributed by atoms with Gasteiger partial charge in [-0.3, -0.25) is 0 Å². The van der Waals surface area contributed by atoms with Crippen molar-refractivity contribution in [3.05, 3.63) is 36.5 Å². The Morgan fingerprint density at radius 1 is 1.09 bits per heavy atom. The highest BCUT2D eigenvalue weighted by Crippen LogP contribution is 2.23. The maximum atomic E-state index is 4.46. The molecule has 1 fully saturated rings. The van der Waals surface area contributed by atoms with Crippen LogP contribution in [0, 0.1) is 0 Å². The van der Waals surface area contributed by atoms with Crippen LogP contribution in [0.4, 0.5) is 23.1 Å². The minimum absolute atomic E-state index is 0.667. The van der Waals surface area contributed by atoms with E-state index >= 15 is 0 Å². The Morgan fingerprint density at radius 3 is 2.59 bits per heavy atom. The molecule has 2 aromatic rings. The molecule has 0 bridgehead atoms. The summed E-state index contributed by atoms with van der Waals surface area (Å²) < 4.78 is 0. The molecule has 0 spiro atoms. The third kappa shape index (κ3) is 3.67. The second-order valence-electron chi connectivity index (χ2n) is 5.56. The maximum Gasteiger partial charge on any atom is 0.224 e. The average molecular weight is 297 g/mol. The van der Waals surface area contributed by atoms with Gasteiger partial charge in [-0.2, -0.15) is 4.98 Å². The summed E-state index contributed by atoms with van der Waals surface area (Å²) in [6, 6.07) is 10.4. The smallest absolute Gasteiger partial charge is 0.224 e. The van der Waals surface area contributed by atoms with Crippen LogP contribution in [0.3, 0.4) is 0 Å². The summed E-state index contributed by atoms with van der Waals surface area (Å²) in [5.41, 5.74) is 2.35. The summed E-state index contributed by atoms with van der Waals surface area (Å²) in [5, 5.41) is 6.53. The van der Waals surface area contributed by atoms with Crippen LogP contribution >= 0.6 is 0 Å². The molecule has 116 valence electrons. The maximum absolute atomic E-state index is 4.46. The fourth-order valence-corrected chi connectivity index (χ4v) is 2.63. The number of benzene rings is 1. The molecule has 5 heteroatoms. The first kappa shape index (κ1) is 14.6. The van der Waals surface area contributed by atoms with Gasteiger partial charge in [-0.15, -0.1) is 0 Å². The second kappa shape index (κ2) is 7.11. The van der Waals surface area contributed by atoms with E-state index in [0.717, 1.165) is 24.5 Å². The molecule has 1 saturated heterocycles. The SMILES string of the molecule is CCCNc1nccc(Nc2ccc(N3CCCC3)cc2)n1. The Bertz CT molecular complexity index is 590. The molecule has 0 radical (unpaired) electrons. The molecule has 22 heavy (non-hydrogen) atoms. The second-order valence-corrected chi connectivity index (χ2v) is 5.56. The fraction of sp³-hybridized carbons (Fsp3) is 0.412. The van der Waals surface area contributed by atoms with Gasteiger partial charge in [0, 0.05) is 37.2 Å². The first-order chi connectivity index (χ1) is 10.8. The van der Waals surface area contributed by atoms with Crippen molar-refractivity contribution in [3.63, 3.8) is 0 Å². The Hall–Kier alpha value is -2.30. The molecule has 0 amide bonds. The minimum atomic E-state index is 0.667. The zero-order chi connectivity index (χ0) is 15.2. The molecule has 2 N–H and O–H groups in total. The van der Waals surface area contributed by atoms with Crippen molar-refractivity contribution in [1.82, 2.24) is 9.97 Å². The summed E-state index contributed by atoms with van der Waals surface area (Å²) in [6.07, 6.45) is 5.42. The number of aromatic nitrogens is 2. The Kier molecular flexibility index (Phi) is 4.73. The van der Waals surface area contributed by atoms with E-state index in [1.54, 1.807) is 6.20 Å².